The number of rotatable bonds is 5. The molecule has 0 aliphatic heterocycles. The van der Waals surface area contributed by atoms with Gasteiger partial charge in [0.25, 0.3) is 0 Å². The second-order valence-corrected chi connectivity index (χ2v) is 5.36. The van der Waals surface area contributed by atoms with E-state index in [0.717, 1.165) is 6.04 Å². The van der Waals surface area contributed by atoms with Crippen LogP contribution < -0.4 is 0 Å². The molecule has 0 radical (unpaired) electrons. The van der Waals surface area contributed by atoms with E-state index in [2.05, 4.69) is 42.3 Å². The summed E-state index contributed by atoms with van der Waals surface area (Å²) in [5.74, 6) is 0. The SMILES string of the molecule is CN(CCCc1ccccc1)C1CCCCC1. The second kappa shape index (κ2) is 6.80. The zero-order valence-electron chi connectivity index (χ0n) is 11.1. The number of hydrogen-bond donors (Lipinski definition) is 0. The first-order valence-electron chi connectivity index (χ1n) is 7.10. The molecule has 17 heavy (non-hydrogen) atoms. The Morgan fingerprint density at radius 3 is 2.47 bits per heavy atom. The quantitative estimate of drug-likeness (QED) is 0.743. The van der Waals surface area contributed by atoms with E-state index >= 15 is 0 Å². The average molecular weight is 231 g/mol. The highest BCUT2D eigenvalue weighted by molar-refractivity contribution is 5.14. The maximum atomic E-state index is 2.59. The normalized spacial score (nSPS) is 17.5. The summed E-state index contributed by atoms with van der Waals surface area (Å²) in [4.78, 5) is 2.59. The van der Waals surface area contributed by atoms with E-state index in [0.29, 0.717) is 0 Å². The Labute approximate surface area is 106 Å². The van der Waals surface area contributed by atoms with Gasteiger partial charge in [-0.15, -0.1) is 0 Å². The van der Waals surface area contributed by atoms with Crippen molar-refractivity contribution in [2.45, 2.75) is 51.0 Å². The third kappa shape index (κ3) is 4.16. The summed E-state index contributed by atoms with van der Waals surface area (Å²) in [5.41, 5.74) is 1.48. The van der Waals surface area contributed by atoms with Gasteiger partial charge >= 0.3 is 0 Å². The van der Waals surface area contributed by atoms with Crippen LogP contribution in [0.25, 0.3) is 0 Å². The van der Waals surface area contributed by atoms with Gasteiger partial charge in [0.2, 0.25) is 0 Å². The third-order valence-electron chi connectivity index (χ3n) is 4.02. The minimum Gasteiger partial charge on any atom is -0.303 e. The standard InChI is InChI=1S/C16H25N/c1-17(16-12-6-3-7-13-16)14-8-11-15-9-4-2-5-10-15/h2,4-5,9-10,16H,3,6-8,11-14H2,1H3. The predicted octanol–water partition coefficient (Wildman–Crippen LogP) is 3.88. The van der Waals surface area contributed by atoms with Gasteiger partial charge in [-0.1, -0.05) is 49.6 Å². The van der Waals surface area contributed by atoms with Gasteiger partial charge in [0.1, 0.15) is 0 Å². The van der Waals surface area contributed by atoms with E-state index in [4.69, 9.17) is 0 Å². The van der Waals surface area contributed by atoms with Crippen molar-refractivity contribution >= 4 is 0 Å². The summed E-state index contributed by atoms with van der Waals surface area (Å²) in [6, 6.07) is 11.7. The molecule has 0 bridgehead atoms. The van der Waals surface area contributed by atoms with E-state index in [1.807, 2.05) is 0 Å². The molecule has 0 aromatic heterocycles. The summed E-state index contributed by atoms with van der Waals surface area (Å²) in [5, 5.41) is 0. The second-order valence-electron chi connectivity index (χ2n) is 5.36. The fourth-order valence-corrected chi connectivity index (χ4v) is 2.88. The Kier molecular flexibility index (Phi) is 5.06. The molecule has 1 aliphatic carbocycles. The third-order valence-corrected chi connectivity index (χ3v) is 4.02. The Morgan fingerprint density at radius 1 is 1.06 bits per heavy atom. The summed E-state index contributed by atoms with van der Waals surface area (Å²) in [7, 11) is 2.31. The lowest BCUT2D eigenvalue weighted by atomic mass is 9.94. The van der Waals surface area contributed by atoms with Gasteiger partial charge in [0, 0.05) is 6.04 Å². The summed E-state index contributed by atoms with van der Waals surface area (Å²) < 4.78 is 0. The number of aryl methyl sites for hydroxylation is 1. The maximum Gasteiger partial charge on any atom is 0.00922 e. The topological polar surface area (TPSA) is 3.24 Å². The first-order valence-corrected chi connectivity index (χ1v) is 7.10. The molecule has 1 saturated carbocycles. The minimum atomic E-state index is 0.861. The first-order chi connectivity index (χ1) is 8.36. The Balaban J connectivity index is 1.67. The van der Waals surface area contributed by atoms with Crippen molar-refractivity contribution in [2.24, 2.45) is 0 Å². The van der Waals surface area contributed by atoms with Gasteiger partial charge in [-0.3, -0.25) is 0 Å². The number of nitrogens with zero attached hydrogens (tertiary/aromatic N) is 1. The molecule has 0 N–H and O–H groups in total. The van der Waals surface area contributed by atoms with Gasteiger partial charge in [-0.25, -0.2) is 0 Å². The van der Waals surface area contributed by atoms with Crippen molar-refractivity contribution in [1.82, 2.24) is 4.90 Å². The lowest BCUT2D eigenvalue weighted by Gasteiger charge is -2.31. The van der Waals surface area contributed by atoms with Crippen LogP contribution in [0.5, 0.6) is 0 Å². The summed E-state index contributed by atoms with van der Waals surface area (Å²) >= 11 is 0. The molecule has 0 heterocycles. The lowest BCUT2D eigenvalue weighted by Crippen LogP contribution is -2.34. The molecule has 0 spiro atoms. The van der Waals surface area contributed by atoms with Crippen molar-refractivity contribution in [3.8, 4) is 0 Å². The van der Waals surface area contributed by atoms with E-state index in [9.17, 15) is 0 Å². The molecule has 0 unspecified atom stereocenters. The molecule has 0 saturated heterocycles. The summed E-state index contributed by atoms with van der Waals surface area (Å²) in [6.45, 7) is 1.25. The van der Waals surface area contributed by atoms with Gasteiger partial charge in [0.05, 0.1) is 0 Å². The van der Waals surface area contributed by atoms with Gasteiger partial charge in [-0.05, 0) is 44.8 Å². The Bertz CT molecular complexity index is 301. The smallest absolute Gasteiger partial charge is 0.00922 e. The van der Waals surface area contributed by atoms with Crippen LogP contribution in [-0.4, -0.2) is 24.5 Å². The predicted molar refractivity (Wildman–Crippen MR) is 74.3 cm³/mol. The molecule has 2 rings (SSSR count). The van der Waals surface area contributed by atoms with Gasteiger partial charge in [-0.2, -0.15) is 0 Å². The van der Waals surface area contributed by atoms with Crippen LogP contribution in [0.4, 0.5) is 0 Å². The number of benzene rings is 1. The van der Waals surface area contributed by atoms with Crippen molar-refractivity contribution < 1.29 is 0 Å². The fourth-order valence-electron chi connectivity index (χ4n) is 2.88. The molecular formula is C16H25N. The van der Waals surface area contributed by atoms with Crippen LogP contribution >= 0.6 is 0 Å². The molecule has 1 nitrogen and oxygen atoms in total. The zero-order valence-corrected chi connectivity index (χ0v) is 11.1. The van der Waals surface area contributed by atoms with Crippen LogP contribution in [0.15, 0.2) is 30.3 Å². The monoisotopic (exact) mass is 231 g/mol. The lowest BCUT2D eigenvalue weighted by molar-refractivity contribution is 0.190. The van der Waals surface area contributed by atoms with Crippen molar-refractivity contribution in [2.75, 3.05) is 13.6 Å². The van der Waals surface area contributed by atoms with Crippen molar-refractivity contribution in [3.63, 3.8) is 0 Å². The maximum absolute atomic E-state index is 2.59. The molecule has 1 heteroatoms. The molecule has 1 fully saturated rings. The highest BCUT2D eigenvalue weighted by Gasteiger charge is 2.17. The van der Waals surface area contributed by atoms with Crippen LogP contribution in [-0.2, 0) is 6.42 Å². The fraction of sp³-hybridized carbons (Fsp3) is 0.625. The van der Waals surface area contributed by atoms with Crippen molar-refractivity contribution in [3.05, 3.63) is 35.9 Å². The van der Waals surface area contributed by atoms with Gasteiger partial charge < -0.3 is 4.90 Å². The Morgan fingerprint density at radius 2 is 1.76 bits per heavy atom. The van der Waals surface area contributed by atoms with Crippen LogP contribution in [0.1, 0.15) is 44.1 Å². The van der Waals surface area contributed by atoms with E-state index < -0.39 is 0 Å². The summed E-state index contributed by atoms with van der Waals surface area (Å²) in [6.07, 6.45) is 9.67. The highest BCUT2D eigenvalue weighted by atomic mass is 15.1. The van der Waals surface area contributed by atoms with E-state index in [1.54, 1.807) is 0 Å². The minimum absolute atomic E-state index is 0.861. The largest absolute Gasteiger partial charge is 0.303 e. The molecule has 1 aromatic carbocycles. The molecule has 94 valence electrons. The Hall–Kier alpha value is -0.820. The zero-order chi connectivity index (χ0) is 11.9. The number of hydrogen-bond acceptors (Lipinski definition) is 1. The molecule has 1 aromatic rings. The molecular weight excluding hydrogens is 206 g/mol. The molecule has 0 atom stereocenters. The van der Waals surface area contributed by atoms with Gasteiger partial charge in [0.15, 0.2) is 0 Å². The van der Waals surface area contributed by atoms with Crippen LogP contribution in [0.3, 0.4) is 0 Å². The van der Waals surface area contributed by atoms with E-state index in [1.165, 1.54) is 57.1 Å². The van der Waals surface area contributed by atoms with Crippen LogP contribution in [0, 0.1) is 0 Å². The van der Waals surface area contributed by atoms with Crippen LogP contribution in [0.2, 0.25) is 0 Å². The van der Waals surface area contributed by atoms with Crippen molar-refractivity contribution in [1.29, 1.82) is 0 Å². The average Bonchev–Trinajstić information content (AvgIpc) is 2.41. The molecule has 1 aliphatic rings. The highest BCUT2D eigenvalue weighted by Crippen LogP contribution is 2.21. The first kappa shape index (κ1) is 12.6. The van der Waals surface area contributed by atoms with E-state index in [-0.39, 0.29) is 0 Å². The molecule has 0 amide bonds.